The zero-order valence-electron chi connectivity index (χ0n) is 20.3. The van der Waals surface area contributed by atoms with Crippen molar-refractivity contribution in [1.82, 2.24) is 20.7 Å². The van der Waals surface area contributed by atoms with Crippen molar-refractivity contribution in [3.8, 4) is 22.3 Å². The van der Waals surface area contributed by atoms with Gasteiger partial charge in [0.2, 0.25) is 5.91 Å². The summed E-state index contributed by atoms with van der Waals surface area (Å²) in [6.45, 7) is 6.59. The van der Waals surface area contributed by atoms with Crippen molar-refractivity contribution in [3.63, 3.8) is 0 Å². The van der Waals surface area contributed by atoms with Crippen LogP contribution in [0.2, 0.25) is 0 Å². The number of hydrogen-bond donors (Lipinski definition) is 2. The number of nitrogens with zero attached hydrogens (tertiary/aromatic N) is 3. The Labute approximate surface area is 204 Å². The third-order valence-corrected chi connectivity index (χ3v) is 6.37. The lowest BCUT2D eigenvalue weighted by molar-refractivity contribution is -0.121. The minimum atomic E-state index is -0.479. The van der Waals surface area contributed by atoms with Crippen LogP contribution < -0.4 is 5.32 Å². The van der Waals surface area contributed by atoms with Crippen LogP contribution in [0.1, 0.15) is 60.9 Å². The number of aliphatic imine (C=N–C) groups is 1. The van der Waals surface area contributed by atoms with E-state index in [1.165, 1.54) is 5.56 Å². The fraction of sp³-hybridized carbons (Fsp3) is 0.286. The summed E-state index contributed by atoms with van der Waals surface area (Å²) in [6.07, 6.45) is 6.01. The first-order chi connectivity index (χ1) is 17.1. The Morgan fingerprint density at radius 2 is 1.86 bits per heavy atom. The predicted octanol–water partition coefficient (Wildman–Crippen LogP) is 5.41. The number of fused-ring (bicyclic) bond motifs is 3. The second kappa shape index (κ2) is 9.70. The number of amides is 1. The third kappa shape index (κ3) is 4.41. The van der Waals surface area contributed by atoms with Gasteiger partial charge in [-0.2, -0.15) is 5.10 Å². The lowest BCUT2D eigenvalue weighted by atomic mass is 9.90. The van der Waals surface area contributed by atoms with Crippen LogP contribution >= 0.6 is 0 Å². The van der Waals surface area contributed by atoms with Crippen LogP contribution in [0.25, 0.3) is 22.3 Å². The molecule has 0 unspecified atom stereocenters. The van der Waals surface area contributed by atoms with Gasteiger partial charge in [-0.25, -0.2) is 0 Å². The van der Waals surface area contributed by atoms with Crippen LogP contribution in [-0.4, -0.2) is 33.5 Å². The average molecular weight is 468 g/mol. The van der Waals surface area contributed by atoms with Crippen molar-refractivity contribution >= 4 is 11.6 Å². The van der Waals surface area contributed by atoms with E-state index in [9.17, 15) is 4.79 Å². The van der Waals surface area contributed by atoms with Crippen molar-refractivity contribution in [2.75, 3.05) is 6.54 Å². The van der Waals surface area contributed by atoms with Gasteiger partial charge in [0.1, 0.15) is 6.04 Å². The molecule has 2 N–H and O–H groups in total. The van der Waals surface area contributed by atoms with Gasteiger partial charge < -0.3 is 9.84 Å². The Balaban J connectivity index is 1.71. The number of aromatic nitrogens is 3. The molecule has 35 heavy (non-hydrogen) atoms. The summed E-state index contributed by atoms with van der Waals surface area (Å²) in [4.78, 5) is 17.8. The van der Waals surface area contributed by atoms with E-state index in [0.29, 0.717) is 12.3 Å². The highest BCUT2D eigenvalue weighted by Gasteiger charge is 2.31. The highest BCUT2D eigenvalue weighted by molar-refractivity contribution is 6.17. The Kier molecular flexibility index (Phi) is 6.31. The van der Waals surface area contributed by atoms with E-state index in [0.717, 1.165) is 57.6 Å². The van der Waals surface area contributed by atoms with Gasteiger partial charge >= 0.3 is 0 Å². The standard InChI is InChI=1S/C28H29N5O2/c1-4-6-18-7-9-19(10-8-18)27-23-13-20(21-15-30-31-16-21)11-12-22(23)26-17(3)33-35-28(26)24(32-27)14-25(34)29-5-2/h7-13,15-16,24H,4-6,14H2,1-3H3,(H,29,34)(H,30,31)/t24-/m0/s1. The first-order valence-corrected chi connectivity index (χ1v) is 12.1. The zero-order valence-corrected chi connectivity index (χ0v) is 20.3. The van der Waals surface area contributed by atoms with Crippen molar-refractivity contribution < 1.29 is 9.32 Å². The van der Waals surface area contributed by atoms with Gasteiger partial charge in [0.25, 0.3) is 0 Å². The molecule has 0 saturated heterocycles. The van der Waals surface area contributed by atoms with E-state index in [1.54, 1.807) is 0 Å². The van der Waals surface area contributed by atoms with E-state index in [-0.39, 0.29) is 12.3 Å². The molecule has 1 aliphatic rings. The molecule has 0 radical (unpaired) electrons. The van der Waals surface area contributed by atoms with Gasteiger partial charge in [-0.15, -0.1) is 0 Å². The van der Waals surface area contributed by atoms with Crippen LogP contribution in [0.3, 0.4) is 0 Å². The molecule has 3 heterocycles. The van der Waals surface area contributed by atoms with E-state index in [2.05, 4.69) is 70.1 Å². The molecule has 1 atom stereocenters. The predicted molar refractivity (Wildman–Crippen MR) is 136 cm³/mol. The quantitative estimate of drug-likeness (QED) is 0.380. The van der Waals surface area contributed by atoms with Crippen molar-refractivity contribution in [1.29, 1.82) is 0 Å². The van der Waals surface area contributed by atoms with E-state index < -0.39 is 6.04 Å². The van der Waals surface area contributed by atoms with Gasteiger partial charge in [-0.05, 0) is 43.0 Å². The molecule has 0 saturated carbocycles. The Morgan fingerprint density at radius 1 is 1.06 bits per heavy atom. The topological polar surface area (TPSA) is 96.2 Å². The van der Waals surface area contributed by atoms with Crippen LogP contribution in [0, 0.1) is 6.92 Å². The van der Waals surface area contributed by atoms with Crippen molar-refractivity contribution in [2.24, 2.45) is 4.99 Å². The highest BCUT2D eigenvalue weighted by atomic mass is 16.5. The number of hydrogen-bond acceptors (Lipinski definition) is 5. The molecule has 2 aromatic carbocycles. The molecule has 2 aromatic heterocycles. The maximum Gasteiger partial charge on any atom is 0.222 e. The van der Waals surface area contributed by atoms with E-state index in [4.69, 9.17) is 9.52 Å². The number of carbonyl (C=O) groups excluding carboxylic acids is 1. The molecule has 0 bridgehead atoms. The summed E-state index contributed by atoms with van der Waals surface area (Å²) < 4.78 is 5.80. The summed E-state index contributed by atoms with van der Waals surface area (Å²) in [5.74, 6) is 0.563. The van der Waals surface area contributed by atoms with Crippen LogP contribution in [0.5, 0.6) is 0 Å². The average Bonchev–Trinajstić information content (AvgIpc) is 3.50. The summed E-state index contributed by atoms with van der Waals surface area (Å²) in [5, 5.41) is 14.2. The normalized spacial score (nSPS) is 14.6. The monoisotopic (exact) mass is 467 g/mol. The number of rotatable bonds is 7. The summed E-state index contributed by atoms with van der Waals surface area (Å²) in [6, 6.07) is 14.4. The third-order valence-electron chi connectivity index (χ3n) is 6.37. The van der Waals surface area contributed by atoms with Crippen LogP contribution in [0.4, 0.5) is 0 Å². The van der Waals surface area contributed by atoms with Gasteiger partial charge in [0.15, 0.2) is 5.76 Å². The fourth-order valence-corrected chi connectivity index (χ4v) is 4.70. The van der Waals surface area contributed by atoms with Gasteiger partial charge in [0.05, 0.1) is 29.6 Å². The maximum atomic E-state index is 12.6. The minimum Gasteiger partial charge on any atom is -0.358 e. The van der Waals surface area contributed by atoms with Gasteiger partial charge in [0, 0.05) is 29.4 Å². The highest BCUT2D eigenvalue weighted by Crippen LogP contribution is 2.42. The fourth-order valence-electron chi connectivity index (χ4n) is 4.70. The first kappa shape index (κ1) is 22.8. The number of H-pyrrole nitrogens is 1. The molecule has 0 aliphatic carbocycles. The SMILES string of the molecule is CCCc1ccc(C2=N[C@@H](CC(=O)NCC)c3onc(C)c3-c3ccc(-c4cn[nH]c4)cc32)cc1. The van der Waals surface area contributed by atoms with Gasteiger partial charge in [-0.3, -0.25) is 14.9 Å². The molecule has 0 spiro atoms. The molecule has 7 heteroatoms. The maximum absolute atomic E-state index is 12.6. The largest absolute Gasteiger partial charge is 0.358 e. The molecule has 7 nitrogen and oxygen atoms in total. The minimum absolute atomic E-state index is 0.0658. The Morgan fingerprint density at radius 3 is 2.57 bits per heavy atom. The Hall–Kier alpha value is -4.00. The molecular formula is C28H29N5O2. The molecule has 0 fully saturated rings. The first-order valence-electron chi connectivity index (χ1n) is 12.1. The van der Waals surface area contributed by atoms with Crippen LogP contribution in [0.15, 0.2) is 64.4 Å². The second-order valence-electron chi connectivity index (χ2n) is 8.85. The summed E-state index contributed by atoms with van der Waals surface area (Å²) in [7, 11) is 0. The molecule has 1 amide bonds. The van der Waals surface area contributed by atoms with Crippen molar-refractivity contribution in [2.45, 2.75) is 46.1 Å². The number of nitrogens with one attached hydrogen (secondary N) is 2. The summed E-state index contributed by atoms with van der Waals surface area (Å²) >= 11 is 0. The lowest BCUT2D eigenvalue weighted by Crippen LogP contribution is -2.24. The molecule has 4 aromatic rings. The van der Waals surface area contributed by atoms with E-state index >= 15 is 0 Å². The number of aryl methyl sites for hydroxylation is 2. The molecular weight excluding hydrogens is 438 g/mol. The molecule has 1 aliphatic heterocycles. The number of carbonyl (C=O) groups is 1. The van der Waals surface area contributed by atoms with Crippen molar-refractivity contribution in [3.05, 3.63) is 83.0 Å². The summed E-state index contributed by atoms with van der Waals surface area (Å²) in [5.41, 5.74) is 8.85. The van der Waals surface area contributed by atoms with Gasteiger partial charge in [-0.1, -0.05) is 54.9 Å². The van der Waals surface area contributed by atoms with Crippen LogP contribution in [-0.2, 0) is 11.2 Å². The molecule has 5 rings (SSSR count). The Bertz CT molecular complexity index is 1370. The second-order valence-corrected chi connectivity index (χ2v) is 8.85. The van der Waals surface area contributed by atoms with E-state index in [1.807, 2.05) is 26.2 Å². The zero-order chi connectivity index (χ0) is 24.4. The lowest BCUT2D eigenvalue weighted by Gasteiger charge is -2.14. The molecule has 178 valence electrons. The smallest absolute Gasteiger partial charge is 0.222 e. The number of aromatic amines is 1. The number of benzene rings is 2.